The molecule has 1 aromatic rings. The molecule has 1 aliphatic heterocycles. The van der Waals surface area contributed by atoms with Crippen LogP contribution in [0, 0.1) is 5.92 Å². The van der Waals surface area contributed by atoms with Gasteiger partial charge in [0.15, 0.2) is 0 Å². The van der Waals surface area contributed by atoms with Gasteiger partial charge in [0, 0.05) is 42.6 Å². The van der Waals surface area contributed by atoms with Gasteiger partial charge in [-0.2, -0.15) is 0 Å². The molecule has 0 radical (unpaired) electrons. The molecule has 2 rings (SSSR count). The first-order chi connectivity index (χ1) is 8.69. The molecule has 1 saturated heterocycles. The Balaban J connectivity index is 1.95. The summed E-state index contributed by atoms with van der Waals surface area (Å²) in [5.74, 6) is 1.39. The molecule has 3 N–H and O–H groups in total. The maximum atomic E-state index is 5.86. The number of nitrogen functional groups attached to an aromatic ring is 1. The standard InChI is InChI=1S/C14H22N2O2/c1-3-17-14-7-12(15)6-13(8-14)16-9-11-4-5-18-10(11)2/h6-8,10-11,16H,3-5,9,15H2,1-2H3. The van der Waals surface area contributed by atoms with Crippen molar-refractivity contribution in [3.8, 4) is 5.75 Å². The minimum Gasteiger partial charge on any atom is -0.494 e. The van der Waals surface area contributed by atoms with Crippen molar-refractivity contribution in [3.05, 3.63) is 18.2 Å². The Bertz CT molecular complexity index is 395. The monoisotopic (exact) mass is 250 g/mol. The average molecular weight is 250 g/mol. The van der Waals surface area contributed by atoms with Crippen molar-refractivity contribution in [1.82, 2.24) is 0 Å². The van der Waals surface area contributed by atoms with Crippen LogP contribution in [0.1, 0.15) is 20.3 Å². The highest BCUT2D eigenvalue weighted by molar-refractivity contribution is 5.59. The molecule has 1 aromatic carbocycles. The molecule has 4 nitrogen and oxygen atoms in total. The van der Waals surface area contributed by atoms with Crippen molar-refractivity contribution < 1.29 is 9.47 Å². The zero-order valence-electron chi connectivity index (χ0n) is 11.1. The lowest BCUT2D eigenvalue weighted by atomic mass is 10.0. The summed E-state index contributed by atoms with van der Waals surface area (Å²) in [4.78, 5) is 0. The lowest BCUT2D eigenvalue weighted by molar-refractivity contribution is 0.108. The second-order valence-corrected chi connectivity index (χ2v) is 4.73. The van der Waals surface area contributed by atoms with E-state index < -0.39 is 0 Å². The molecule has 4 heteroatoms. The Morgan fingerprint density at radius 3 is 2.94 bits per heavy atom. The largest absolute Gasteiger partial charge is 0.494 e. The molecule has 0 bridgehead atoms. The first-order valence-electron chi connectivity index (χ1n) is 6.58. The molecule has 0 spiro atoms. The van der Waals surface area contributed by atoms with Crippen LogP contribution in [-0.2, 0) is 4.74 Å². The number of anilines is 2. The summed E-state index contributed by atoms with van der Waals surface area (Å²) in [5, 5.41) is 3.42. The molecule has 18 heavy (non-hydrogen) atoms. The second kappa shape index (κ2) is 5.96. The van der Waals surface area contributed by atoms with Crippen LogP contribution in [0.4, 0.5) is 11.4 Å². The van der Waals surface area contributed by atoms with Crippen molar-refractivity contribution in [1.29, 1.82) is 0 Å². The number of hydrogen-bond donors (Lipinski definition) is 2. The van der Waals surface area contributed by atoms with E-state index in [-0.39, 0.29) is 0 Å². The summed E-state index contributed by atoms with van der Waals surface area (Å²) < 4.78 is 11.0. The van der Waals surface area contributed by atoms with Gasteiger partial charge in [-0.25, -0.2) is 0 Å². The summed E-state index contributed by atoms with van der Waals surface area (Å²) in [5.41, 5.74) is 7.59. The Labute approximate surface area is 108 Å². The predicted octanol–water partition coefficient (Wildman–Crippen LogP) is 2.50. The van der Waals surface area contributed by atoms with E-state index in [1.807, 2.05) is 25.1 Å². The fourth-order valence-corrected chi connectivity index (χ4v) is 2.27. The molecule has 1 fully saturated rings. The Morgan fingerprint density at radius 2 is 2.28 bits per heavy atom. The van der Waals surface area contributed by atoms with E-state index in [1.165, 1.54) is 0 Å². The maximum Gasteiger partial charge on any atom is 0.123 e. The highest BCUT2D eigenvalue weighted by atomic mass is 16.5. The predicted molar refractivity (Wildman–Crippen MR) is 74.0 cm³/mol. The van der Waals surface area contributed by atoms with Gasteiger partial charge in [-0.15, -0.1) is 0 Å². The van der Waals surface area contributed by atoms with E-state index in [2.05, 4.69) is 12.2 Å². The number of hydrogen-bond acceptors (Lipinski definition) is 4. The topological polar surface area (TPSA) is 56.5 Å². The molecule has 100 valence electrons. The SMILES string of the molecule is CCOc1cc(N)cc(NCC2CCOC2C)c1. The summed E-state index contributed by atoms with van der Waals surface area (Å²) in [6.45, 7) is 6.53. The molecule has 0 aliphatic carbocycles. The van der Waals surface area contributed by atoms with Gasteiger partial charge >= 0.3 is 0 Å². The first kappa shape index (κ1) is 13.0. The first-order valence-corrected chi connectivity index (χ1v) is 6.58. The Hall–Kier alpha value is -1.42. The van der Waals surface area contributed by atoms with Crippen LogP contribution in [0.25, 0.3) is 0 Å². The third-order valence-corrected chi connectivity index (χ3v) is 3.34. The molecule has 0 amide bonds. The Morgan fingerprint density at radius 1 is 1.44 bits per heavy atom. The van der Waals surface area contributed by atoms with Crippen molar-refractivity contribution >= 4 is 11.4 Å². The van der Waals surface area contributed by atoms with Crippen molar-refractivity contribution in [2.45, 2.75) is 26.4 Å². The number of nitrogens with one attached hydrogen (secondary N) is 1. The van der Waals surface area contributed by atoms with Gasteiger partial charge in [0.25, 0.3) is 0 Å². The molecule has 1 aliphatic rings. The van der Waals surface area contributed by atoms with E-state index in [1.54, 1.807) is 0 Å². The van der Waals surface area contributed by atoms with Gasteiger partial charge in [-0.3, -0.25) is 0 Å². The van der Waals surface area contributed by atoms with Crippen LogP contribution in [0.15, 0.2) is 18.2 Å². The molecule has 0 saturated carbocycles. The van der Waals surface area contributed by atoms with Crippen molar-refractivity contribution in [2.24, 2.45) is 5.92 Å². The van der Waals surface area contributed by atoms with Crippen LogP contribution in [-0.4, -0.2) is 25.9 Å². The highest BCUT2D eigenvalue weighted by Gasteiger charge is 2.23. The molecule has 2 atom stereocenters. The van der Waals surface area contributed by atoms with Gasteiger partial charge < -0.3 is 20.5 Å². The highest BCUT2D eigenvalue weighted by Crippen LogP contribution is 2.25. The molecule has 1 heterocycles. The van der Waals surface area contributed by atoms with E-state index in [9.17, 15) is 0 Å². The Kier molecular flexibility index (Phi) is 4.31. The molecule has 2 unspecified atom stereocenters. The van der Waals surface area contributed by atoms with E-state index in [0.29, 0.717) is 18.6 Å². The van der Waals surface area contributed by atoms with Crippen molar-refractivity contribution in [2.75, 3.05) is 30.8 Å². The summed E-state index contributed by atoms with van der Waals surface area (Å²) in [6.07, 6.45) is 1.46. The lowest BCUT2D eigenvalue weighted by Gasteiger charge is -2.16. The van der Waals surface area contributed by atoms with Gasteiger partial charge in [0.05, 0.1) is 12.7 Å². The summed E-state index contributed by atoms with van der Waals surface area (Å²) in [7, 11) is 0. The fraction of sp³-hybridized carbons (Fsp3) is 0.571. The van der Waals surface area contributed by atoms with Crippen LogP contribution >= 0.6 is 0 Å². The molecular formula is C14H22N2O2. The van der Waals surface area contributed by atoms with Crippen LogP contribution in [0.3, 0.4) is 0 Å². The molecule has 0 aromatic heterocycles. The third-order valence-electron chi connectivity index (χ3n) is 3.34. The smallest absolute Gasteiger partial charge is 0.123 e. The van der Waals surface area contributed by atoms with Gasteiger partial charge in [0.1, 0.15) is 5.75 Å². The zero-order chi connectivity index (χ0) is 13.0. The van der Waals surface area contributed by atoms with Gasteiger partial charge in [-0.1, -0.05) is 0 Å². The minimum absolute atomic E-state index is 0.338. The van der Waals surface area contributed by atoms with Crippen LogP contribution < -0.4 is 15.8 Å². The van der Waals surface area contributed by atoms with Gasteiger partial charge in [0.2, 0.25) is 0 Å². The fourth-order valence-electron chi connectivity index (χ4n) is 2.27. The maximum absolute atomic E-state index is 5.86. The molecular weight excluding hydrogens is 228 g/mol. The van der Waals surface area contributed by atoms with Crippen LogP contribution in [0.5, 0.6) is 5.75 Å². The van der Waals surface area contributed by atoms with E-state index in [4.69, 9.17) is 15.2 Å². The summed E-state index contributed by atoms with van der Waals surface area (Å²) in [6, 6.07) is 5.76. The minimum atomic E-state index is 0.338. The van der Waals surface area contributed by atoms with Crippen LogP contribution in [0.2, 0.25) is 0 Å². The zero-order valence-corrected chi connectivity index (χ0v) is 11.1. The van der Waals surface area contributed by atoms with E-state index >= 15 is 0 Å². The normalized spacial score (nSPS) is 23.0. The lowest BCUT2D eigenvalue weighted by Crippen LogP contribution is -2.20. The number of ether oxygens (including phenoxy) is 2. The summed E-state index contributed by atoms with van der Waals surface area (Å²) >= 11 is 0. The van der Waals surface area contributed by atoms with Gasteiger partial charge in [-0.05, 0) is 26.3 Å². The van der Waals surface area contributed by atoms with Crippen molar-refractivity contribution in [3.63, 3.8) is 0 Å². The number of benzene rings is 1. The average Bonchev–Trinajstić information content (AvgIpc) is 2.72. The van der Waals surface area contributed by atoms with E-state index in [0.717, 1.165) is 36.7 Å². The number of nitrogens with two attached hydrogens (primary N) is 1. The third kappa shape index (κ3) is 3.29. The quantitative estimate of drug-likeness (QED) is 0.788. The number of rotatable bonds is 5. The second-order valence-electron chi connectivity index (χ2n) is 4.73.